The summed E-state index contributed by atoms with van der Waals surface area (Å²) in [7, 11) is 1.59. The third kappa shape index (κ3) is 4.58. The lowest BCUT2D eigenvalue weighted by molar-refractivity contribution is 0.248. The second-order valence-electron chi connectivity index (χ2n) is 6.87. The number of fused-ring (bicyclic) bond motifs is 1. The van der Waals surface area contributed by atoms with E-state index in [1.807, 2.05) is 56.3 Å². The van der Waals surface area contributed by atoms with Crippen LogP contribution in [0.2, 0.25) is 0 Å². The first-order chi connectivity index (χ1) is 13.9. The van der Waals surface area contributed by atoms with Gasteiger partial charge in [-0.2, -0.15) is 0 Å². The molecule has 0 aliphatic carbocycles. The Balaban J connectivity index is 1.88. The predicted molar refractivity (Wildman–Crippen MR) is 121 cm³/mol. The number of methoxy groups -OCH3 is 1. The largest absolute Gasteiger partial charge is 0.495 e. The highest BCUT2D eigenvalue weighted by atomic mass is 32.1. The van der Waals surface area contributed by atoms with Crippen molar-refractivity contribution in [2.24, 2.45) is 0 Å². The van der Waals surface area contributed by atoms with E-state index in [-0.39, 0.29) is 18.7 Å². The van der Waals surface area contributed by atoms with E-state index in [0.29, 0.717) is 23.0 Å². The van der Waals surface area contributed by atoms with Crippen molar-refractivity contribution in [1.29, 1.82) is 0 Å². The first-order valence-electron chi connectivity index (χ1n) is 9.36. The Morgan fingerprint density at radius 3 is 2.72 bits per heavy atom. The van der Waals surface area contributed by atoms with E-state index >= 15 is 0 Å². The molecular formula is C22H25N3O3S. The number of aliphatic hydroxyl groups is 1. The third-order valence-electron chi connectivity index (χ3n) is 4.99. The fourth-order valence-electron chi connectivity index (χ4n) is 3.21. The molecule has 3 N–H and O–H groups in total. The van der Waals surface area contributed by atoms with Crippen molar-refractivity contribution < 1.29 is 9.84 Å². The summed E-state index contributed by atoms with van der Waals surface area (Å²) in [5.74, 6) is 0.660. The molecule has 6 nitrogen and oxygen atoms in total. The summed E-state index contributed by atoms with van der Waals surface area (Å²) in [6, 6.07) is 13.4. The second kappa shape index (κ2) is 9.07. The first kappa shape index (κ1) is 20.8. The van der Waals surface area contributed by atoms with Crippen LogP contribution < -0.4 is 15.6 Å². The Kier molecular flexibility index (Phi) is 6.51. The summed E-state index contributed by atoms with van der Waals surface area (Å²) < 4.78 is 5.35. The van der Waals surface area contributed by atoms with Crippen LogP contribution in [0.3, 0.4) is 0 Å². The molecule has 152 valence electrons. The lowest BCUT2D eigenvalue weighted by Crippen LogP contribution is -2.38. The third-order valence-corrected chi connectivity index (χ3v) is 5.36. The molecule has 0 aliphatic heterocycles. The van der Waals surface area contributed by atoms with Crippen molar-refractivity contribution in [3.8, 4) is 5.75 Å². The molecule has 0 bridgehead atoms. The van der Waals surface area contributed by atoms with Gasteiger partial charge in [0.1, 0.15) is 5.75 Å². The molecule has 1 heterocycles. The summed E-state index contributed by atoms with van der Waals surface area (Å²) >= 11 is 5.54. The number of nitrogens with zero attached hydrogens (tertiary/aromatic N) is 1. The van der Waals surface area contributed by atoms with Crippen molar-refractivity contribution in [3.63, 3.8) is 0 Å². The maximum absolute atomic E-state index is 12.7. The van der Waals surface area contributed by atoms with Crippen LogP contribution in [0, 0.1) is 13.8 Å². The average Bonchev–Trinajstić information content (AvgIpc) is 2.72. The number of rotatable bonds is 6. The molecule has 29 heavy (non-hydrogen) atoms. The van der Waals surface area contributed by atoms with Crippen molar-refractivity contribution in [1.82, 2.24) is 9.88 Å². The van der Waals surface area contributed by atoms with E-state index in [0.717, 1.165) is 27.7 Å². The molecule has 0 unspecified atom stereocenters. The Bertz CT molecular complexity index is 1090. The van der Waals surface area contributed by atoms with Gasteiger partial charge >= 0.3 is 0 Å². The van der Waals surface area contributed by atoms with Gasteiger partial charge in [-0.3, -0.25) is 4.79 Å². The zero-order valence-electron chi connectivity index (χ0n) is 16.8. The molecule has 0 aliphatic rings. The number of anilines is 1. The van der Waals surface area contributed by atoms with Crippen LogP contribution in [0.5, 0.6) is 5.75 Å². The summed E-state index contributed by atoms with van der Waals surface area (Å²) in [4.78, 5) is 17.4. The number of H-pyrrole nitrogens is 1. The molecule has 0 radical (unpaired) electrons. The van der Waals surface area contributed by atoms with E-state index < -0.39 is 0 Å². The highest BCUT2D eigenvalue weighted by Gasteiger charge is 2.15. The smallest absolute Gasteiger partial charge is 0.253 e. The van der Waals surface area contributed by atoms with Crippen LogP contribution in [0.4, 0.5) is 5.69 Å². The molecular weight excluding hydrogens is 386 g/mol. The SMILES string of the molecule is COc1ccccc1NC(=S)N(CCO)Cc1cc2ccc(C)c(C)c2[nH]c1=O. The fourth-order valence-corrected chi connectivity index (χ4v) is 3.47. The highest BCUT2D eigenvalue weighted by molar-refractivity contribution is 7.80. The second-order valence-corrected chi connectivity index (χ2v) is 7.26. The van der Waals surface area contributed by atoms with Gasteiger partial charge in [0.15, 0.2) is 5.11 Å². The maximum Gasteiger partial charge on any atom is 0.253 e. The van der Waals surface area contributed by atoms with Gasteiger partial charge in [0.2, 0.25) is 0 Å². The number of hydrogen-bond acceptors (Lipinski definition) is 4. The normalized spacial score (nSPS) is 10.8. The number of para-hydroxylation sites is 2. The minimum Gasteiger partial charge on any atom is -0.495 e. The molecule has 3 aromatic rings. The Labute approximate surface area is 175 Å². The van der Waals surface area contributed by atoms with Crippen LogP contribution >= 0.6 is 12.2 Å². The number of aromatic nitrogens is 1. The van der Waals surface area contributed by atoms with Crippen molar-refractivity contribution in [3.05, 3.63) is 69.5 Å². The summed E-state index contributed by atoms with van der Waals surface area (Å²) in [5, 5.41) is 14.0. The molecule has 7 heteroatoms. The van der Waals surface area contributed by atoms with Gasteiger partial charge in [-0.25, -0.2) is 0 Å². The number of aliphatic hydroxyl groups excluding tert-OH is 1. The van der Waals surface area contributed by atoms with E-state index in [2.05, 4.69) is 10.3 Å². The summed E-state index contributed by atoms with van der Waals surface area (Å²) in [6.07, 6.45) is 0. The molecule has 0 fully saturated rings. The van der Waals surface area contributed by atoms with Crippen LogP contribution in [0.15, 0.2) is 47.3 Å². The summed E-state index contributed by atoms with van der Waals surface area (Å²) in [6.45, 7) is 4.51. The molecule has 0 saturated carbocycles. The molecule has 0 atom stereocenters. The fraction of sp³-hybridized carbons (Fsp3) is 0.273. The van der Waals surface area contributed by atoms with Gasteiger partial charge in [0, 0.05) is 12.1 Å². The number of ether oxygens (including phenoxy) is 1. The standard InChI is InChI=1S/C22H25N3O3S/c1-14-8-9-16-12-17(21(27)24-20(16)15(14)2)13-25(10-11-26)22(29)23-18-6-4-5-7-19(18)28-3/h4-9,12,26H,10-11,13H2,1-3H3,(H,23,29)(H,24,27). The Morgan fingerprint density at radius 2 is 2.00 bits per heavy atom. The Morgan fingerprint density at radius 1 is 1.24 bits per heavy atom. The summed E-state index contributed by atoms with van der Waals surface area (Å²) in [5.41, 5.74) is 4.19. The number of pyridine rings is 1. The number of nitrogens with one attached hydrogen (secondary N) is 2. The number of hydrogen-bond donors (Lipinski definition) is 3. The molecule has 0 amide bonds. The molecule has 0 spiro atoms. The predicted octanol–water partition coefficient (Wildman–Crippen LogP) is 3.34. The molecule has 1 aromatic heterocycles. The van der Waals surface area contributed by atoms with Gasteiger partial charge in [-0.15, -0.1) is 0 Å². The van der Waals surface area contributed by atoms with E-state index in [1.165, 1.54) is 0 Å². The number of benzene rings is 2. The lowest BCUT2D eigenvalue weighted by atomic mass is 10.0. The van der Waals surface area contributed by atoms with Crippen LogP contribution in [-0.4, -0.2) is 40.4 Å². The minimum absolute atomic E-state index is 0.0858. The van der Waals surface area contributed by atoms with Gasteiger partial charge < -0.3 is 25.0 Å². The van der Waals surface area contributed by atoms with Crippen LogP contribution in [0.1, 0.15) is 16.7 Å². The highest BCUT2D eigenvalue weighted by Crippen LogP contribution is 2.24. The first-order valence-corrected chi connectivity index (χ1v) is 9.77. The van der Waals surface area contributed by atoms with Crippen molar-refractivity contribution >= 4 is 33.9 Å². The van der Waals surface area contributed by atoms with Gasteiger partial charge in [-0.1, -0.05) is 24.3 Å². The van der Waals surface area contributed by atoms with Crippen molar-refractivity contribution in [2.75, 3.05) is 25.6 Å². The molecule has 2 aromatic carbocycles. The van der Waals surface area contributed by atoms with Gasteiger partial charge in [0.25, 0.3) is 5.56 Å². The average molecular weight is 412 g/mol. The Hall–Kier alpha value is -2.90. The van der Waals surface area contributed by atoms with Crippen molar-refractivity contribution in [2.45, 2.75) is 20.4 Å². The van der Waals surface area contributed by atoms with E-state index in [4.69, 9.17) is 17.0 Å². The quantitative estimate of drug-likeness (QED) is 0.540. The number of thiocarbonyl (C=S) groups is 1. The van der Waals surface area contributed by atoms with E-state index in [1.54, 1.807) is 12.0 Å². The van der Waals surface area contributed by atoms with E-state index in [9.17, 15) is 9.90 Å². The molecule has 0 saturated heterocycles. The van der Waals surface area contributed by atoms with Gasteiger partial charge in [0.05, 0.1) is 31.5 Å². The van der Waals surface area contributed by atoms with Crippen LogP contribution in [-0.2, 0) is 6.54 Å². The topological polar surface area (TPSA) is 77.6 Å². The maximum atomic E-state index is 12.7. The molecule has 3 rings (SSSR count). The van der Waals surface area contributed by atoms with Crippen LogP contribution in [0.25, 0.3) is 10.9 Å². The lowest BCUT2D eigenvalue weighted by Gasteiger charge is -2.25. The van der Waals surface area contributed by atoms with Gasteiger partial charge in [-0.05, 0) is 60.8 Å². The zero-order valence-corrected chi connectivity index (χ0v) is 17.6. The minimum atomic E-state index is -0.158. The monoisotopic (exact) mass is 411 g/mol. The zero-order chi connectivity index (χ0) is 21.0. The number of aryl methyl sites for hydroxylation is 2. The number of aromatic amines is 1.